The fourth-order valence-electron chi connectivity index (χ4n) is 3.98. The Morgan fingerprint density at radius 2 is 1.27 bits per heavy atom. The van der Waals surface area contributed by atoms with Gasteiger partial charge in [-0.05, 0) is 57.5 Å². The van der Waals surface area contributed by atoms with Crippen LogP contribution >= 0.6 is 0 Å². The molecule has 0 radical (unpaired) electrons. The summed E-state index contributed by atoms with van der Waals surface area (Å²) in [7, 11) is 0. The van der Waals surface area contributed by atoms with Crippen LogP contribution in [0, 0.1) is 0 Å². The van der Waals surface area contributed by atoms with E-state index >= 15 is 0 Å². The van der Waals surface area contributed by atoms with E-state index in [9.17, 15) is 5.11 Å². The van der Waals surface area contributed by atoms with E-state index in [-0.39, 0.29) is 0 Å². The fraction of sp³-hybridized carbons (Fsp3) is 0.0400. The third-order valence-corrected chi connectivity index (χ3v) is 5.24. The number of hydrogen-bond donors (Lipinski definition) is 1. The molecule has 0 unspecified atom stereocenters. The Balaban J connectivity index is 1.67. The van der Waals surface area contributed by atoms with E-state index in [1.807, 2.05) is 36.4 Å². The lowest BCUT2D eigenvalue weighted by molar-refractivity contribution is 0.477. The zero-order valence-corrected chi connectivity index (χ0v) is 14.3. The van der Waals surface area contributed by atoms with Gasteiger partial charge in [-0.3, -0.25) is 0 Å². The molecule has 0 fully saturated rings. The zero-order valence-electron chi connectivity index (χ0n) is 14.3. The Labute approximate surface area is 153 Å². The van der Waals surface area contributed by atoms with Crippen LogP contribution in [-0.4, -0.2) is 5.11 Å². The molecule has 1 heteroatoms. The Bertz CT molecular complexity index is 1110. The molecule has 0 aromatic heterocycles. The highest BCUT2D eigenvalue weighted by Gasteiger charge is 2.21. The molecule has 4 aromatic rings. The highest BCUT2D eigenvalue weighted by Crippen LogP contribution is 2.42. The first-order valence-corrected chi connectivity index (χ1v) is 8.90. The van der Waals surface area contributed by atoms with Gasteiger partial charge in [0.15, 0.2) is 0 Å². The monoisotopic (exact) mass is 334 g/mol. The van der Waals surface area contributed by atoms with Crippen LogP contribution in [0.4, 0.5) is 0 Å². The molecule has 1 aliphatic rings. The van der Waals surface area contributed by atoms with Crippen molar-refractivity contribution < 1.29 is 5.11 Å². The molecule has 0 amide bonds. The van der Waals surface area contributed by atoms with Gasteiger partial charge >= 0.3 is 0 Å². The molecule has 0 atom stereocenters. The first-order valence-electron chi connectivity index (χ1n) is 8.90. The average molecular weight is 334 g/mol. The van der Waals surface area contributed by atoms with Gasteiger partial charge in [-0.1, -0.05) is 78.9 Å². The van der Waals surface area contributed by atoms with E-state index in [0.717, 1.165) is 23.1 Å². The lowest BCUT2D eigenvalue weighted by Gasteiger charge is -2.12. The summed E-state index contributed by atoms with van der Waals surface area (Å²) in [6.45, 7) is 0. The number of rotatable bonds is 2. The lowest BCUT2D eigenvalue weighted by atomic mass is 9.93. The number of fused-ring (bicyclic) bond motifs is 3. The molecule has 1 N–H and O–H groups in total. The van der Waals surface area contributed by atoms with Crippen LogP contribution in [0.3, 0.4) is 0 Å². The van der Waals surface area contributed by atoms with E-state index in [1.54, 1.807) is 6.07 Å². The highest BCUT2D eigenvalue weighted by atomic mass is 16.3. The molecule has 0 spiro atoms. The summed E-state index contributed by atoms with van der Waals surface area (Å²) in [5.41, 5.74) is 9.72. The maximum Gasteiger partial charge on any atom is 0.123 e. The van der Waals surface area contributed by atoms with Crippen LogP contribution in [0.2, 0.25) is 0 Å². The minimum atomic E-state index is 0.316. The average Bonchev–Trinajstić information content (AvgIpc) is 3.08. The van der Waals surface area contributed by atoms with E-state index in [1.165, 1.54) is 27.8 Å². The van der Waals surface area contributed by atoms with Gasteiger partial charge in [0, 0.05) is 5.56 Å². The predicted molar refractivity (Wildman–Crippen MR) is 107 cm³/mol. The maximum atomic E-state index is 10.4. The van der Waals surface area contributed by atoms with Crippen molar-refractivity contribution in [3.63, 3.8) is 0 Å². The summed E-state index contributed by atoms with van der Waals surface area (Å²) in [4.78, 5) is 0. The molecule has 26 heavy (non-hydrogen) atoms. The second-order valence-corrected chi connectivity index (χ2v) is 6.76. The van der Waals surface area contributed by atoms with Crippen molar-refractivity contribution in [1.82, 2.24) is 0 Å². The summed E-state index contributed by atoms with van der Waals surface area (Å²) in [6, 6.07) is 31.1. The van der Waals surface area contributed by atoms with Crippen molar-refractivity contribution in [3.8, 4) is 39.1 Å². The highest BCUT2D eigenvalue weighted by molar-refractivity contribution is 5.86. The lowest BCUT2D eigenvalue weighted by Crippen LogP contribution is -1.89. The van der Waals surface area contributed by atoms with Gasteiger partial charge in [0.1, 0.15) is 5.75 Å². The summed E-state index contributed by atoms with van der Waals surface area (Å²) in [5.74, 6) is 0.316. The van der Waals surface area contributed by atoms with Crippen LogP contribution < -0.4 is 0 Å². The minimum absolute atomic E-state index is 0.316. The van der Waals surface area contributed by atoms with Crippen molar-refractivity contribution in [1.29, 1.82) is 0 Å². The number of phenols is 1. The zero-order chi connectivity index (χ0) is 17.5. The van der Waals surface area contributed by atoms with E-state index < -0.39 is 0 Å². The molecule has 0 heterocycles. The van der Waals surface area contributed by atoms with Crippen molar-refractivity contribution in [2.24, 2.45) is 0 Å². The smallest absolute Gasteiger partial charge is 0.123 e. The van der Waals surface area contributed by atoms with Gasteiger partial charge in [0.05, 0.1) is 0 Å². The number of benzene rings is 4. The van der Waals surface area contributed by atoms with Crippen molar-refractivity contribution >= 4 is 0 Å². The van der Waals surface area contributed by atoms with Crippen molar-refractivity contribution in [2.75, 3.05) is 0 Å². The Morgan fingerprint density at radius 1 is 0.538 bits per heavy atom. The third kappa shape index (κ3) is 2.33. The molecule has 124 valence electrons. The van der Waals surface area contributed by atoms with E-state index in [4.69, 9.17) is 0 Å². The van der Waals surface area contributed by atoms with Gasteiger partial charge in [-0.2, -0.15) is 0 Å². The second-order valence-electron chi connectivity index (χ2n) is 6.76. The standard InChI is InChI=1S/C25H18O/c26-25-14-13-19(15-23(25)17-7-2-1-3-8-17)21-11-6-12-22-20-10-5-4-9-18(20)16-24(21)22/h1-15,26H,16H2. The molecular weight excluding hydrogens is 316 g/mol. The molecule has 1 nitrogen and oxygen atoms in total. The van der Waals surface area contributed by atoms with E-state index in [2.05, 4.69) is 48.5 Å². The van der Waals surface area contributed by atoms with Gasteiger partial charge in [0.2, 0.25) is 0 Å². The molecule has 0 saturated heterocycles. The van der Waals surface area contributed by atoms with Gasteiger partial charge in [-0.15, -0.1) is 0 Å². The normalized spacial score (nSPS) is 11.8. The summed E-state index contributed by atoms with van der Waals surface area (Å²) >= 11 is 0. The SMILES string of the molecule is Oc1ccc(-c2cccc3c2Cc2ccccc2-3)cc1-c1ccccc1. The van der Waals surface area contributed by atoms with Crippen LogP contribution in [0.1, 0.15) is 11.1 Å². The third-order valence-electron chi connectivity index (χ3n) is 5.24. The van der Waals surface area contributed by atoms with Crippen LogP contribution in [0.5, 0.6) is 5.75 Å². The van der Waals surface area contributed by atoms with Crippen molar-refractivity contribution in [2.45, 2.75) is 6.42 Å². The van der Waals surface area contributed by atoms with Gasteiger partial charge < -0.3 is 5.11 Å². The number of hydrogen-bond acceptors (Lipinski definition) is 1. The molecular formula is C25H18O. The molecule has 4 aromatic carbocycles. The molecule has 5 rings (SSSR count). The summed E-state index contributed by atoms with van der Waals surface area (Å²) in [5, 5.41) is 10.4. The molecule has 0 bridgehead atoms. The van der Waals surface area contributed by atoms with Crippen LogP contribution in [-0.2, 0) is 6.42 Å². The molecule has 0 aliphatic heterocycles. The fourth-order valence-corrected chi connectivity index (χ4v) is 3.98. The van der Waals surface area contributed by atoms with Crippen LogP contribution in [0.25, 0.3) is 33.4 Å². The summed E-state index contributed by atoms with van der Waals surface area (Å²) < 4.78 is 0. The minimum Gasteiger partial charge on any atom is -0.507 e. The molecule has 0 saturated carbocycles. The second kappa shape index (κ2) is 5.89. The van der Waals surface area contributed by atoms with Gasteiger partial charge in [-0.25, -0.2) is 0 Å². The van der Waals surface area contributed by atoms with Gasteiger partial charge in [0.25, 0.3) is 0 Å². The maximum absolute atomic E-state index is 10.4. The first kappa shape index (κ1) is 15.0. The molecule has 1 aliphatic carbocycles. The predicted octanol–water partition coefficient (Wildman–Crippen LogP) is 6.30. The van der Waals surface area contributed by atoms with E-state index in [0.29, 0.717) is 5.75 Å². The topological polar surface area (TPSA) is 20.2 Å². The largest absolute Gasteiger partial charge is 0.507 e. The van der Waals surface area contributed by atoms with Crippen molar-refractivity contribution in [3.05, 3.63) is 102 Å². The Morgan fingerprint density at radius 3 is 2.15 bits per heavy atom. The summed E-state index contributed by atoms with van der Waals surface area (Å²) in [6.07, 6.45) is 0.962. The number of phenolic OH excluding ortho intramolecular Hbond substituents is 1. The Kier molecular flexibility index (Phi) is 3.39. The first-order chi connectivity index (χ1) is 12.8. The Hall–Kier alpha value is -3.32. The number of aromatic hydroxyl groups is 1. The quantitative estimate of drug-likeness (QED) is 0.402. The van der Waals surface area contributed by atoms with Crippen LogP contribution in [0.15, 0.2) is 91.0 Å².